The van der Waals surface area contributed by atoms with Crippen LogP contribution in [0.5, 0.6) is 5.75 Å². The highest BCUT2D eigenvalue weighted by Crippen LogP contribution is 2.47. The molecule has 3 fully saturated rings. The molecule has 0 aliphatic carbocycles. The van der Waals surface area contributed by atoms with Gasteiger partial charge in [-0.1, -0.05) is 0 Å². The van der Waals surface area contributed by atoms with Crippen LogP contribution in [0.2, 0.25) is 0 Å². The maximum atomic E-state index is 17.0. The van der Waals surface area contributed by atoms with Crippen molar-refractivity contribution in [3.63, 3.8) is 0 Å². The van der Waals surface area contributed by atoms with Gasteiger partial charge in [-0.25, -0.2) is 57.7 Å². The second kappa shape index (κ2) is 16.8. The van der Waals surface area contributed by atoms with E-state index in [9.17, 15) is 26.3 Å². The molecular weight excluding hydrogens is 1010 g/mol. The molecular formula is C49H30F14N4O6. The number of nitrogens with zero attached hydrogens (tertiary/aromatic N) is 1. The average molecular weight is 1040 g/mol. The van der Waals surface area contributed by atoms with Crippen LogP contribution in [-0.4, -0.2) is 68.8 Å². The van der Waals surface area contributed by atoms with Crippen molar-refractivity contribution in [2.45, 2.75) is 70.0 Å². The zero-order valence-corrected chi connectivity index (χ0v) is 37.4. The van der Waals surface area contributed by atoms with E-state index in [4.69, 9.17) is 28.4 Å². The van der Waals surface area contributed by atoms with E-state index in [0.717, 1.165) is 42.5 Å². The number of benzene rings is 3. The maximum absolute atomic E-state index is 17.0. The van der Waals surface area contributed by atoms with Crippen LogP contribution in [0.25, 0.3) is 78.6 Å². The van der Waals surface area contributed by atoms with Gasteiger partial charge in [0, 0.05) is 44.3 Å². The topological polar surface area (TPSA) is 116 Å². The van der Waals surface area contributed by atoms with Crippen LogP contribution in [0.3, 0.4) is 0 Å². The Kier molecular flexibility index (Phi) is 11.1. The van der Waals surface area contributed by atoms with Gasteiger partial charge in [-0.2, -0.15) is 8.78 Å². The van der Waals surface area contributed by atoms with Gasteiger partial charge in [0.1, 0.15) is 31.0 Å². The van der Waals surface area contributed by atoms with Crippen LogP contribution in [0.15, 0.2) is 36.4 Å². The summed E-state index contributed by atoms with van der Waals surface area (Å²) in [4.78, 5) is 12.0. The molecule has 3 N–H and O–H groups in total. The Hall–Kier alpha value is -6.99. The number of ether oxygens (including phenoxy) is 6. The maximum Gasteiger partial charge on any atom is 0.204 e. The number of hydrogen-bond acceptors (Lipinski definition) is 7. The first kappa shape index (κ1) is 48.3. The Balaban J connectivity index is 1.16. The predicted molar refractivity (Wildman–Crippen MR) is 229 cm³/mol. The minimum atomic E-state index is -2.53. The van der Waals surface area contributed by atoms with Crippen LogP contribution in [0.1, 0.15) is 39.1 Å². The molecule has 0 unspecified atom stereocenters. The molecule has 10 nitrogen and oxygen atoms in total. The second-order valence-electron chi connectivity index (χ2n) is 18.1. The van der Waals surface area contributed by atoms with Crippen LogP contribution < -0.4 is 4.74 Å². The van der Waals surface area contributed by atoms with Crippen LogP contribution in [-0.2, 0) is 23.7 Å². The second-order valence-corrected chi connectivity index (χ2v) is 18.1. The fraction of sp³-hybridized carbons (Fsp3) is 0.245. The van der Waals surface area contributed by atoms with Gasteiger partial charge in [-0.05, 0) is 76.2 Å². The summed E-state index contributed by atoms with van der Waals surface area (Å²) in [6, 6.07) is 5.92. The summed E-state index contributed by atoms with van der Waals surface area (Å²) < 4.78 is 254. The van der Waals surface area contributed by atoms with Crippen molar-refractivity contribution in [3.05, 3.63) is 129 Å². The molecule has 4 aliphatic heterocycles. The Morgan fingerprint density at radius 3 is 1.26 bits per heavy atom. The highest BCUT2D eigenvalue weighted by atomic mass is 19.2. The van der Waals surface area contributed by atoms with Gasteiger partial charge in [0.2, 0.25) is 23.3 Å². The molecule has 3 aromatic carbocycles. The van der Waals surface area contributed by atoms with E-state index in [2.05, 4.69) is 19.9 Å². The van der Waals surface area contributed by atoms with E-state index in [0.29, 0.717) is 0 Å². The molecule has 24 heteroatoms. The van der Waals surface area contributed by atoms with Crippen molar-refractivity contribution < 1.29 is 89.9 Å². The molecule has 8 heterocycles. The van der Waals surface area contributed by atoms with Gasteiger partial charge >= 0.3 is 0 Å². The van der Waals surface area contributed by atoms with Crippen molar-refractivity contribution in [1.29, 1.82) is 0 Å². The molecule has 380 valence electrons. The summed E-state index contributed by atoms with van der Waals surface area (Å²) in [5.74, 6) is -36.8. The van der Waals surface area contributed by atoms with Gasteiger partial charge in [-0.15, -0.1) is 0 Å². The Labute approximate surface area is 399 Å². The fourth-order valence-electron chi connectivity index (χ4n) is 9.54. The quantitative estimate of drug-likeness (QED) is 0.0863. The van der Waals surface area contributed by atoms with Crippen LogP contribution in [0, 0.1) is 81.4 Å². The SMILES string of the molecule is CC1(C)O[C@H]2[C@@H](O1)[C@@H](COc1c(F)c(F)c(-c3c4ccc([nH]4)c(-c4c(F)c(F)c(F)c(F)c4F)c4nc(c5ccc([nH]5)c(-c5c(F)c(F)c(F)c(F)c5F)c5ccc3[nH]5)C=C4)c(F)c1F)O[C@@H]1OC(C)(C)O[C@@H]12. The van der Waals surface area contributed by atoms with Crippen molar-refractivity contribution in [3.8, 4) is 39.1 Å². The Morgan fingerprint density at radius 2 is 0.767 bits per heavy atom. The Bertz CT molecular complexity index is 3620. The van der Waals surface area contributed by atoms with E-state index in [1.807, 2.05) is 0 Å². The zero-order chi connectivity index (χ0) is 52.1. The first-order valence-electron chi connectivity index (χ1n) is 21.7. The molecule has 0 amide bonds. The van der Waals surface area contributed by atoms with Gasteiger partial charge in [-0.3, -0.25) is 0 Å². The first-order chi connectivity index (χ1) is 34.5. The molecule has 8 bridgehead atoms. The summed E-state index contributed by atoms with van der Waals surface area (Å²) in [5.41, 5.74) is -11.0. The average Bonchev–Trinajstić information content (AvgIpc) is 4.22. The third-order valence-corrected chi connectivity index (χ3v) is 12.6. The number of hydrogen-bond donors (Lipinski definition) is 3. The molecule has 4 aliphatic rings. The third-order valence-electron chi connectivity index (χ3n) is 12.6. The molecule has 73 heavy (non-hydrogen) atoms. The Morgan fingerprint density at radius 1 is 0.411 bits per heavy atom. The van der Waals surface area contributed by atoms with Crippen molar-refractivity contribution in [2.75, 3.05) is 6.61 Å². The van der Waals surface area contributed by atoms with E-state index in [1.165, 1.54) is 6.07 Å². The third kappa shape index (κ3) is 7.46. The molecule has 5 atom stereocenters. The largest absolute Gasteiger partial charge is 0.485 e. The lowest BCUT2D eigenvalue weighted by Gasteiger charge is -2.37. The number of nitrogens with one attached hydrogen (secondary N) is 3. The molecule has 0 saturated carbocycles. The van der Waals surface area contributed by atoms with Crippen molar-refractivity contribution in [1.82, 2.24) is 19.9 Å². The number of rotatable bonds is 6. The zero-order valence-electron chi connectivity index (χ0n) is 37.4. The summed E-state index contributed by atoms with van der Waals surface area (Å²) in [6.45, 7) is 5.45. The van der Waals surface area contributed by atoms with Gasteiger partial charge in [0.05, 0.1) is 33.6 Å². The lowest BCUT2D eigenvalue weighted by atomic mass is 9.99. The number of aromatic nitrogens is 4. The van der Waals surface area contributed by atoms with Crippen LogP contribution in [0.4, 0.5) is 61.5 Å². The van der Waals surface area contributed by atoms with E-state index >= 15 is 35.1 Å². The van der Waals surface area contributed by atoms with Crippen molar-refractivity contribution in [2.24, 2.45) is 0 Å². The molecule has 7 aromatic rings. The molecule has 11 rings (SSSR count). The van der Waals surface area contributed by atoms with Gasteiger partial charge < -0.3 is 43.4 Å². The number of halogens is 14. The molecule has 3 saturated heterocycles. The van der Waals surface area contributed by atoms with Gasteiger partial charge in [0.15, 0.2) is 81.8 Å². The fourth-order valence-corrected chi connectivity index (χ4v) is 9.54. The normalized spacial score (nSPS) is 21.4. The van der Waals surface area contributed by atoms with E-state index in [1.54, 1.807) is 27.7 Å². The molecule has 0 radical (unpaired) electrons. The minimum absolute atomic E-state index is 0.116. The van der Waals surface area contributed by atoms with E-state index in [-0.39, 0.29) is 11.2 Å². The lowest BCUT2D eigenvalue weighted by molar-refractivity contribution is -0.238. The minimum Gasteiger partial charge on any atom is -0.485 e. The highest BCUT2D eigenvalue weighted by molar-refractivity contribution is 6.01. The summed E-state index contributed by atoms with van der Waals surface area (Å²) >= 11 is 0. The van der Waals surface area contributed by atoms with Gasteiger partial charge in [0.25, 0.3) is 0 Å². The van der Waals surface area contributed by atoms with Crippen molar-refractivity contribution >= 4 is 45.3 Å². The molecule has 0 spiro atoms. The van der Waals surface area contributed by atoms with Crippen LogP contribution >= 0.6 is 0 Å². The van der Waals surface area contributed by atoms with E-state index < -0.39 is 203 Å². The monoisotopic (exact) mass is 1040 g/mol. The highest BCUT2D eigenvalue weighted by Gasteiger charge is 2.61. The predicted octanol–water partition coefficient (Wildman–Crippen LogP) is 12.4. The standard InChI is InChI=1S/C49H30F14N4O6/c1-48(2)70-43-22(69-47-46(45(43)71-48)72-49(3,4)73-47)13-68-44-41(62)33(54)28(34(55)42(44)63)25-20-11-9-18(66-20)23(26-29(50)35(56)39(60)36(57)30(26)51)16-7-5-14(64-16)15-6-8-17(65-15)24(19-10-12-21(25)67-19)27-31(52)37(58)40(61)38(59)32(27)53/h5-12,22,43,45-47,64,66-67H,13H2,1-4H3/t22-,43+,45+,46-,47-/m1/s1. The number of aromatic amines is 3. The first-order valence-corrected chi connectivity index (χ1v) is 21.7. The smallest absolute Gasteiger partial charge is 0.204 e. The molecule has 4 aromatic heterocycles. The summed E-state index contributed by atoms with van der Waals surface area (Å²) in [6.07, 6.45) is -3.01. The summed E-state index contributed by atoms with van der Waals surface area (Å²) in [7, 11) is 0. The summed E-state index contributed by atoms with van der Waals surface area (Å²) in [5, 5.41) is 0. The lowest BCUT2D eigenvalue weighted by Crippen LogP contribution is -2.56. The number of fused-ring (bicyclic) bond motifs is 12. The number of H-pyrrole nitrogens is 3.